The summed E-state index contributed by atoms with van der Waals surface area (Å²) in [5, 5.41) is 10.3. The topological polar surface area (TPSA) is 20.2 Å². The van der Waals surface area contributed by atoms with Gasteiger partial charge in [0.1, 0.15) is 6.10 Å². The van der Waals surface area contributed by atoms with Gasteiger partial charge >= 0.3 is 0 Å². The average Bonchev–Trinajstić information content (AvgIpc) is 2.62. The molecule has 2 rings (SSSR count). The van der Waals surface area contributed by atoms with Crippen LogP contribution in [0.4, 0.5) is 0 Å². The van der Waals surface area contributed by atoms with E-state index in [1.165, 1.54) is 0 Å². The number of aliphatic hydroxyl groups excluding tert-OH is 1. The minimum Gasteiger partial charge on any atom is -0.383 e. The van der Waals surface area contributed by atoms with Crippen LogP contribution < -0.4 is 0 Å². The van der Waals surface area contributed by atoms with Crippen LogP contribution in [0.1, 0.15) is 27.7 Å². The Morgan fingerprint density at radius 2 is 1.82 bits per heavy atom. The van der Waals surface area contributed by atoms with Gasteiger partial charge in [0, 0.05) is 9.35 Å². The molecule has 1 unspecified atom stereocenters. The third kappa shape index (κ3) is 2.81. The summed E-state index contributed by atoms with van der Waals surface area (Å²) >= 11 is 8.53. The molecule has 1 heterocycles. The van der Waals surface area contributed by atoms with Crippen molar-refractivity contribution in [3.8, 4) is 0 Å². The summed E-state index contributed by atoms with van der Waals surface area (Å²) in [6.07, 6.45) is -0.545. The lowest BCUT2D eigenvalue weighted by Gasteiger charge is -2.10. The largest absolute Gasteiger partial charge is 0.383 e. The molecule has 1 atom stereocenters. The standard InChI is InChI=1S/C13H12Br2OS/c1-7-5-9(3-4-10(7)14)12(16)11-6-8(2)13(15)17-11/h3-6,12,16H,1-2H3. The van der Waals surface area contributed by atoms with Crippen LogP contribution in [-0.2, 0) is 0 Å². The lowest BCUT2D eigenvalue weighted by molar-refractivity contribution is 0.224. The highest BCUT2D eigenvalue weighted by molar-refractivity contribution is 9.11. The summed E-state index contributed by atoms with van der Waals surface area (Å²) in [5.41, 5.74) is 3.23. The first kappa shape index (κ1) is 13.3. The molecule has 0 amide bonds. The number of hydrogen-bond acceptors (Lipinski definition) is 2. The van der Waals surface area contributed by atoms with Crippen LogP contribution in [0.15, 0.2) is 32.5 Å². The maximum Gasteiger partial charge on any atom is 0.113 e. The molecule has 0 saturated carbocycles. The number of aliphatic hydroxyl groups is 1. The van der Waals surface area contributed by atoms with Gasteiger partial charge in [0.25, 0.3) is 0 Å². The molecule has 0 aliphatic rings. The number of hydrogen-bond donors (Lipinski definition) is 1. The van der Waals surface area contributed by atoms with Crippen molar-refractivity contribution in [3.63, 3.8) is 0 Å². The summed E-state index contributed by atoms with van der Waals surface area (Å²) in [5.74, 6) is 0. The van der Waals surface area contributed by atoms with E-state index in [1.54, 1.807) is 11.3 Å². The second-order valence-electron chi connectivity index (χ2n) is 4.02. The summed E-state index contributed by atoms with van der Waals surface area (Å²) in [6, 6.07) is 7.96. The second kappa shape index (κ2) is 5.22. The van der Waals surface area contributed by atoms with Gasteiger partial charge in [-0.1, -0.05) is 28.1 Å². The van der Waals surface area contributed by atoms with E-state index < -0.39 is 6.10 Å². The minimum atomic E-state index is -0.545. The number of rotatable bonds is 2. The van der Waals surface area contributed by atoms with Crippen molar-refractivity contribution in [2.24, 2.45) is 0 Å². The first-order valence-electron chi connectivity index (χ1n) is 5.19. The van der Waals surface area contributed by atoms with Crippen molar-refractivity contribution in [3.05, 3.63) is 54.1 Å². The molecular weight excluding hydrogens is 364 g/mol. The van der Waals surface area contributed by atoms with Crippen molar-refractivity contribution in [1.82, 2.24) is 0 Å². The molecule has 0 saturated heterocycles. The lowest BCUT2D eigenvalue weighted by Crippen LogP contribution is -1.97. The van der Waals surface area contributed by atoms with Crippen molar-refractivity contribution < 1.29 is 5.11 Å². The molecule has 0 spiro atoms. The van der Waals surface area contributed by atoms with Gasteiger partial charge in [0.2, 0.25) is 0 Å². The van der Waals surface area contributed by atoms with E-state index in [9.17, 15) is 5.11 Å². The SMILES string of the molecule is Cc1cc(C(O)c2cc(C)c(Br)s2)ccc1Br. The Kier molecular flexibility index (Phi) is 4.08. The Morgan fingerprint density at radius 3 is 2.35 bits per heavy atom. The second-order valence-corrected chi connectivity index (χ2v) is 7.27. The fraction of sp³-hybridized carbons (Fsp3) is 0.231. The first-order valence-corrected chi connectivity index (χ1v) is 7.59. The third-order valence-electron chi connectivity index (χ3n) is 2.64. The molecular formula is C13H12Br2OS. The van der Waals surface area contributed by atoms with E-state index in [0.717, 1.165) is 29.8 Å². The first-order chi connectivity index (χ1) is 7.99. The summed E-state index contributed by atoms with van der Waals surface area (Å²) in [7, 11) is 0. The normalized spacial score (nSPS) is 12.8. The van der Waals surface area contributed by atoms with Gasteiger partial charge in [-0.2, -0.15) is 0 Å². The Morgan fingerprint density at radius 1 is 1.12 bits per heavy atom. The van der Waals surface area contributed by atoms with E-state index in [-0.39, 0.29) is 0 Å². The van der Waals surface area contributed by atoms with Crippen LogP contribution in [0.2, 0.25) is 0 Å². The molecule has 1 nitrogen and oxygen atoms in total. The van der Waals surface area contributed by atoms with E-state index in [2.05, 4.69) is 31.9 Å². The molecule has 4 heteroatoms. The molecule has 1 N–H and O–H groups in total. The van der Waals surface area contributed by atoms with E-state index >= 15 is 0 Å². The highest BCUT2D eigenvalue weighted by Gasteiger charge is 2.15. The lowest BCUT2D eigenvalue weighted by atomic mass is 10.1. The summed E-state index contributed by atoms with van der Waals surface area (Å²) in [6.45, 7) is 4.06. The van der Waals surface area contributed by atoms with Crippen molar-refractivity contribution in [2.45, 2.75) is 20.0 Å². The van der Waals surface area contributed by atoms with Gasteiger partial charge in [-0.15, -0.1) is 11.3 Å². The predicted octanol–water partition coefficient (Wildman–Crippen LogP) is 4.97. The quantitative estimate of drug-likeness (QED) is 0.785. The van der Waals surface area contributed by atoms with E-state index in [4.69, 9.17) is 0 Å². The Hall–Kier alpha value is -0.160. The zero-order valence-electron chi connectivity index (χ0n) is 9.50. The van der Waals surface area contributed by atoms with Crippen molar-refractivity contribution >= 4 is 43.2 Å². The number of halogens is 2. The van der Waals surface area contributed by atoms with Crippen LogP contribution in [0, 0.1) is 13.8 Å². The predicted molar refractivity (Wildman–Crippen MR) is 79.7 cm³/mol. The van der Waals surface area contributed by atoms with E-state index in [1.807, 2.05) is 38.1 Å². The van der Waals surface area contributed by atoms with Gasteiger partial charge in [-0.05, 0) is 58.6 Å². The van der Waals surface area contributed by atoms with Crippen LogP contribution in [0.25, 0.3) is 0 Å². The smallest absolute Gasteiger partial charge is 0.113 e. The Bertz CT molecular complexity index is 529. The third-order valence-corrected chi connectivity index (χ3v) is 5.72. The fourth-order valence-corrected chi connectivity index (χ4v) is 3.45. The summed E-state index contributed by atoms with van der Waals surface area (Å²) < 4.78 is 2.15. The zero-order valence-corrected chi connectivity index (χ0v) is 13.5. The van der Waals surface area contributed by atoms with Gasteiger partial charge in [-0.25, -0.2) is 0 Å². The monoisotopic (exact) mass is 374 g/mol. The average molecular weight is 376 g/mol. The van der Waals surface area contributed by atoms with Crippen LogP contribution in [0.3, 0.4) is 0 Å². The zero-order chi connectivity index (χ0) is 12.6. The molecule has 1 aromatic carbocycles. The van der Waals surface area contributed by atoms with Crippen molar-refractivity contribution in [2.75, 3.05) is 0 Å². The molecule has 90 valence electrons. The molecule has 0 aliphatic heterocycles. The molecule has 2 aromatic rings. The molecule has 1 aromatic heterocycles. The maximum absolute atomic E-state index is 10.3. The Balaban J connectivity index is 2.36. The number of thiophene rings is 1. The van der Waals surface area contributed by atoms with Crippen LogP contribution in [0.5, 0.6) is 0 Å². The number of aryl methyl sites for hydroxylation is 2. The molecule has 0 radical (unpaired) electrons. The van der Waals surface area contributed by atoms with Gasteiger partial charge in [0.05, 0.1) is 3.79 Å². The summed E-state index contributed by atoms with van der Waals surface area (Å²) in [4.78, 5) is 0.969. The van der Waals surface area contributed by atoms with E-state index in [0.29, 0.717) is 0 Å². The maximum atomic E-state index is 10.3. The fourth-order valence-electron chi connectivity index (χ4n) is 1.62. The van der Waals surface area contributed by atoms with Crippen molar-refractivity contribution in [1.29, 1.82) is 0 Å². The molecule has 0 aliphatic carbocycles. The minimum absolute atomic E-state index is 0.545. The highest BCUT2D eigenvalue weighted by atomic mass is 79.9. The highest BCUT2D eigenvalue weighted by Crippen LogP contribution is 2.35. The molecule has 0 fully saturated rings. The van der Waals surface area contributed by atoms with Gasteiger partial charge < -0.3 is 5.11 Å². The van der Waals surface area contributed by atoms with Gasteiger partial charge in [0.15, 0.2) is 0 Å². The van der Waals surface area contributed by atoms with Crippen LogP contribution >= 0.6 is 43.2 Å². The van der Waals surface area contributed by atoms with Gasteiger partial charge in [-0.3, -0.25) is 0 Å². The Labute approximate surface area is 122 Å². The molecule has 17 heavy (non-hydrogen) atoms. The van der Waals surface area contributed by atoms with Crippen LogP contribution in [-0.4, -0.2) is 5.11 Å². The molecule has 0 bridgehead atoms. The number of benzene rings is 1.